The molecule has 1 aromatic heterocycles. The molecule has 0 spiro atoms. The normalized spacial score (nSPS) is 10.2. The van der Waals surface area contributed by atoms with E-state index in [1.807, 2.05) is 24.3 Å². The van der Waals surface area contributed by atoms with Gasteiger partial charge in [0.2, 0.25) is 0 Å². The van der Waals surface area contributed by atoms with Crippen LogP contribution in [0.25, 0.3) is 0 Å². The summed E-state index contributed by atoms with van der Waals surface area (Å²) in [4.78, 5) is 16.6. The SMILES string of the molecule is CCCCCCC#Cc1nc(Cl)cn(Cc2ccc(OC)cc2)c1=O. The Balaban J connectivity index is 2.13. The van der Waals surface area contributed by atoms with E-state index in [9.17, 15) is 4.79 Å². The van der Waals surface area contributed by atoms with Crippen molar-refractivity contribution in [3.05, 3.63) is 57.2 Å². The standard InChI is InChI=1S/C20H23ClN2O2/c1-3-4-5-6-7-8-9-18-20(24)23(15-19(21)22-18)14-16-10-12-17(25-2)13-11-16/h10-13,15H,3-7,14H2,1-2H3. The highest BCUT2D eigenvalue weighted by molar-refractivity contribution is 6.29. The van der Waals surface area contributed by atoms with Crippen molar-refractivity contribution in [1.29, 1.82) is 0 Å². The zero-order chi connectivity index (χ0) is 18.1. The third-order valence-electron chi connectivity index (χ3n) is 3.82. The molecule has 0 unspecified atom stereocenters. The van der Waals surface area contributed by atoms with Gasteiger partial charge >= 0.3 is 0 Å². The average molecular weight is 359 g/mol. The Hall–Kier alpha value is -2.25. The number of benzene rings is 1. The Bertz CT molecular complexity index is 801. The van der Waals surface area contributed by atoms with Crippen molar-refractivity contribution in [2.75, 3.05) is 7.11 Å². The van der Waals surface area contributed by atoms with Gasteiger partial charge in [-0.15, -0.1) is 0 Å². The lowest BCUT2D eigenvalue weighted by atomic mass is 10.1. The Morgan fingerprint density at radius 3 is 2.64 bits per heavy atom. The van der Waals surface area contributed by atoms with E-state index in [-0.39, 0.29) is 16.4 Å². The number of hydrogen-bond acceptors (Lipinski definition) is 3. The van der Waals surface area contributed by atoms with Crippen LogP contribution in [0.2, 0.25) is 5.15 Å². The molecule has 0 saturated heterocycles. The molecule has 0 N–H and O–H groups in total. The minimum Gasteiger partial charge on any atom is -0.497 e. The minimum atomic E-state index is -0.221. The Morgan fingerprint density at radius 1 is 1.20 bits per heavy atom. The van der Waals surface area contributed by atoms with Gasteiger partial charge in [0, 0.05) is 12.6 Å². The molecule has 0 fully saturated rings. The van der Waals surface area contributed by atoms with Crippen LogP contribution in [0.5, 0.6) is 5.75 Å². The summed E-state index contributed by atoms with van der Waals surface area (Å²) in [6.07, 6.45) is 6.93. The van der Waals surface area contributed by atoms with Crippen LogP contribution in [-0.4, -0.2) is 16.7 Å². The zero-order valence-electron chi connectivity index (χ0n) is 14.7. The van der Waals surface area contributed by atoms with Crippen LogP contribution in [0.4, 0.5) is 0 Å². The van der Waals surface area contributed by atoms with Gasteiger partial charge < -0.3 is 9.30 Å². The highest BCUT2D eigenvalue weighted by atomic mass is 35.5. The van der Waals surface area contributed by atoms with E-state index >= 15 is 0 Å². The van der Waals surface area contributed by atoms with E-state index in [2.05, 4.69) is 23.7 Å². The van der Waals surface area contributed by atoms with Crippen molar-refractivity contribution in [2.24, 2.45) is 0 Å². The molecule has 0 bridgehead atoms. The summed E-state index contributed by atoms with van der Waals surface area (Å²) in [7, 11) is 1.62. The summed E-state index contributed by atoms with van der Waals surface area (Å²) in [5.41, 5.74) is 0.960. The number of hydrogen-bond donors (Lipinski definition) is 0. The van der Waals surface area contributed by atoms with Crippen molar-refractivity contribution in [2.45, 2.75) is 45.6 Å². The second-order valence-corrected chi connectivity index (χ2v) is 6.19. The molecular formula is C20H23ClN2O2. The van der Waals surface area contributed by atoms with E-state index in [1.54, 1.807) is 13.3 Å². The first kappa shape index (κ1) is 19.1. The molecule has 0 atom stereocenters. The summed E-state index contributed by atoms with van der Waals surface area (Å²) in [6, 6.07) is 7.55. The second-order valence-electron chi connectivity index (χ2n) is 5.81. The number of unbranched alkanes of at least 4 members (excludes halogenated alkanes) is 4. The third-order valence-corrected chi connectivity index (χ3v) is 4.00. The summed E-state index contributed by atoms with van der Waals surface area (Å²) in [5.74, 6) is 6.69. The fourth-order valence-corrected chi connectivity index (χ4v) is 2.62. The van der Waals surface area contributed by atoms with Crippen LogP contribution < -0.4 is 10.3 Å². The van der Waals surface area contributed by atoms with E-state index < -0.39 is 0 Å². The number of ether oxygens (including phenoxy) is 1. The molecule has 0 aliphatic rings. The molecule has 0 radical (unpaired) electrons. The van der Waals surface area contributed by atoms with Crippen molar-refractivity contribution in [3.63, 3.8) is 0 Å². The molecule has 1 aromatic carbocycles. The van der Waals surface area contributed by atoms with E-state index in [1.165, 1.54) is 17.4 Å². The summed E-state index contributed by atoms with van der Waals surface area (Å²) < 4.78 is 6.68. The van der Waals surface area contributed by atoms with Gasteiger partial charge in [0.1, 0.15) is 10.9 Å². The molecule has 0 aliphatic carbocycles. The van der Waals surface area contributed by atoms with Gasteiger partial charge in [0.25, 0.3) is 5.56 Å². The maximum atomic E-state index is 12.5. The minimum absolute atomic E-state index is 0.205. The first-order valence-corrected chi connectivity index (χ1v) is 8.90. The fourth-order valence-electron chi connectivity index (χ4n) is 2.42. The van der Waals surface area contributed by atoms with Gasteiger partial charge in [-0.3, -0.25) is 4.79 Å². The van der Waals surface area contributed by atoms with E-state index in [0.717, 1.165) is 30.6 Å². The Kier molecular flexibility index (Phi) is 7.56. The number of rotatable bonds is 7. The molecule has 25 heavy (non-hydrogen) atoms. The highest BCUT2D eigenvalue weighted by Gasteiger charge is 2.06. The van der Waals surface area contributed by atoms with Gasteiger partial charge in [0.15, 0.2) is 5.69 Å². The quantitative estimate of drug-likeness (QED) is 0.548. The molecule has 5 heteroatoms. The van der Waals surface area contributed by atoms with Crippen LogP contribution in [-0.2, 0) is 6.54 Å². The van der Waals surface area contributed by atoms with Gasteiger partial charge in [0.05, 0.1) is 13.7 Å². The molecule has 1 heterocycles. The zero-order valence-corrected chi connectivity index (χ0v) is 15.5. The van der Waals surface area contributed by atoms with Crippen LogP contribution >= 0.6 is 11.6 Å². The van der Waals surface area contributed by atoms with Crippen molar-refractivity contribution < 1.29 is 4.74 Å². The Morgan fingerprint density at radius 2 is 1.96 bits per heavy atom. The summed E-state index contributed by atoms with van der Waals surface area (Å²) in [5, 5.41) is 0.267. The topological polar surface area (TPSA) is 44.1 Å². The number of aromatic nitrogens is 2. The maximum Gasteiger partial charge on any atom is 0.285 e. The molecule has 0 aliphatic heterocycles. The first-order valence-electron chi connectivity index (χ1n) is 8.52. The van der Waals surface area contributed by atoms with Crippen LogP contribution in [0.3, 0.4) is 0 Å². The van der Waals surface area contributed by atoms with Crippen LogP contribution in [0, 0.1) is 11.8 Å². The number of methoxy groups -OCH3 is 1. The number of nitrogens with zero attached hydrogens (tertiary/aromatic N) is 2. The predicted molar refractivity (Wildman–Crippen MR) is 101 cm³/mol. The largest absolute Gasteiger partial charge is 0.497 e. The molecule has 0 amide bonds. The van der Waals surface area contributed by atoms with Gasteiger partial charge in [-0.25, -0.2) is 4.98 Å². The molecule has 0 saturated carbocycles. The molecular weight excluding hydrogens is 336 g/mol. The first-order chi connectivity index (χ1) is 12.1. The van der Waals surface area contributed by atoms with E-state index in [0.29, 0.717) is 6.54 Å². The molecule has 132 valence electrons. The maximum absolute atomic E-state index is 12.5. The smallest absolute Gasteiger partial charge is 0.285 e. The lowest BCUT2D eigenvalue weighted by Gasteiger charge is -2.07. The fraction of sp³-hybridized carbons (Fsp3) is 0.400. The monoisotopic (exact) mass is 358 g/mol. The number of halogens is 1. The molecule has 2 rings (SSSR count). The predicted octanol–water partition coefficient (Wildman–Crippen LogP) is 4.28. The van der Waals surface area contributed by atoms with Crippen molar-refractivity contribution >= 4 is 11.6 Å². The van der Waals surface area contributed by atoms with Crippen molar-refractivity contribution in [1.82, 2.24) is 9.55 Å². The van der Waals surface area contributed by atoms with Crippen molar-refractivity contribution in [3.8, 4) is 17.6 Å². The summed E-state index contributed by atoms with van der Waals surface area (Å²) >= 11 is 6.06. The second kappa shape index (κ2) is 9.90. The van der Waals surface area contributed by atoms with Gasteiger partial charge in [-0.05, 0) is 30.0 Å². The Labute approximate surface area is 153 Å². The average Bonchev–Trinajstić information content (AvgIpc) is 2.62. The van der Waals surface area contributed by atoms with Crippen LogP contribution in [0.1, 0.15) is 50.3 Å². The molecule has 4 nitrogen and oxygen atoms in total. The van der Waals surface area contributed by atoms with Gasteiger partial charge in [-0.1, -0.05) is 55.8 Å². The lowest BCUT2D eigenvalue weighted by Crippen LogP contribution is -2.24. The highest BCUT2D eigenvalue weighted by Crippen LogP contribution is 2.12. The van der Waals surface area contributed by atoms with Crippen LogP contribution in [0.15, 0.2) is 35.3 Å². The summed E-state index contributed by atoms with van der Waals surface area (Å²) in [6.45, 7) is 2.59. The van der Waals surface area contributed by atoms with Gasteiger partial charge in [-0.2, -0.15) is 0 Å². The molecule has 2 aromatic rings. The van der Waals surface area contributed by atoms with E-state index in [4.69, 9.17) is 16.3 Å². The lowest BCUT2D eigenvalue weighted by molar-refractivity contribution is 0.414. The third kappa shape index (κ3) is 5.95.